The average Bonchev–Trinajstić information content (AvgIpc) is 3.29. The van der Waals surface area contributed by atoms with Crippen molar-refractivity contribution >= 4 is 5.57 Å². The van der Waals surface area contributed by atoms with Gasteiger partial charge in [0.2, 0.25) is 0 Å². The second kappa shape index (κ2) is 9.58. The summed E-state index contributed by atoms with van der Waals surface area (Å²) < 4.78 is 58.7. The first kappa shape index (κ1) is 24.5. The molecule has 0 saturated heterocycles. The first-order chi connectivity index (χ1) is 16.6. The van der Waals surface area contributed by atoms with Gasteiger partial charge in [-0.15, -0.1) is 10.2 Å². The molecule has 1 N–H and O–H groups in total. The van der Waals surface area contributed by atoms with E-state index in [1.807, 2.05) is 13.0 Å². The van der Waals surface area contributed by atoms with Crippen LogP contribution in [0.5, 0.6) is 0 Å². The lowest BCUT2D eigenvalue weighted by atomic mass is 9.74. The number of benzene rings is 2. The summed E-state index contributed by atoms with van der Waals surface area (Å²) in [6, 6.07) is 8.48. The van der Waals surface area contributed by atoms with Crippen molar-refractivity contribution in [2.24, 2.45) is 5.92 Å². The number of aliphatic hydroxyl groups is 1. The zero-order valence-corrected chi connectivity index (χ0v) is 19.2. The number of hydrogen-bond donors (Lipinski definition) is 1. The van der Waals surface area contributed by atoms with E-state index in [0.717, 1.165) is 41.3 Å². The second-order valence-corrected chi connectivity index (χ2v) is 8.79. The van der Waals surface area contributed by atoms with Gasteiger partial charge in [-0.25, -0.2) is 17.6 Å². The third-order valence-corrected chi connectivity index (χ3v) is 6.25. The van der Waals surface area contributed by atoms with Crippen molar-refractivity contribution in [3.63, 3.8) is 0 Å². The van der Waals surface area contributed by atoms with Crippen LogP contribution in [0.2, 0.25) is 0 Å². The molecular weight excluding hydrogens is 460 g/mol. The Balaban J connectivity index is 1.80. The molecular formula is C26H24F4N4O. The van der Waals surface area contributed by atoms with Crippen molar-refractivity contribution in [2.45, 2.75) is 38.1 Å². The lowest BCUT2D eigenvalue weighted by molar-refractivity contribution is -0.0984. The highest BCUT2D eigenvalue weighted by Crippen LogP contribution is 2.45. The van der Waals surface area contributed by atoms with Crippen LogP contribution in [0.25, 0.3) is 5.57 Å². The van der Waals surface area contributed by atoms with Gasteiger partial charge in [0.25, 0.3) is 0 Å². The van der Waals surface area contributed by atoms with Crippen molar-refractivity contribution in [1.29, 1.82) is 0 Å². The van der Waals surface area contributed by atoms with E-state index in [-0.39, 0.29) is 17.3 Å². The number of hydrogen-bond acceptors (Lipinski definition) is 4. The smallest absolute Gasteiger partial charge is 0.167 e. The molecule has 1 heterocycles. The van der Waals surface area contributed by atoms with Gasteiger partial charge < -0.3 is 5.11 Å². The Kier molecular flexibility index (Phi) is 6.71. The molecule has 1 aromatic heterocycles. The fourth-order valence-corrected chi connectivity index (χ4v) is 4.19. The maximum absolute atomic E-state index is 16.8. The number of nitrogens with zero attached hydrogens (tertiary/aromatic N) is 4. The molecule has 0 radical (unpaired) electrons. The molecule has 35 heavy (non-hydrogen) atoms. The second-order valence-electron chi connectivity index (χ2n) is 8.79. The van der Waals surface area contributed by atoms with Crippen molar-refractivity contribution in [2.75, 3.05) is 0 Å². The highest BCUT2D eigenvalue weighted by atomic mass is 19.1. The van der Waals surface area contributed by atoms with Crippen molar-refractivity contribution in [3.05, 3.63) is 107 Å². The molecule has 9 heteroatoms. The van der Waals surface area contributed by atoms with Gasteiger partial charge in [-0.3, -0.25) is 0 Å². The van der Waals surface area contributed by atoms with E-state index in [1.54, 1.807) is 24.3 Å². The Morgan fingerprint density at radius 2 is 1.77 bits per heavy atom. The van der Waals surface area contributed by atoms with Crippen molar-refractivity contribution < 1.29 is 22.7 Å². The molecule has 0 fully saturated rings. The molecule has 0 amide bonds. The van der Waals surface area contributed by atoms with Crippen LogP contribution in [0.3, 0.4) is 0 Å². The normalized spacial score (nSPS) is 19.7. The zero-order valence-electron chi connectivity index (χ0n) is 19.2. The summed E-state index contributed by atoms with van der Waals surface area (Å²) in [7, 11) is 0. The number of tetrazole rings is 1. The zero-order chi connectivity index (χ0) is 25.2. The van der Waals surface area contributed by atoms with Crippen molar-refractivity contribution in [3.8, 4) is 0 Å². The molecule has 1 aliphatic rings. The molecule has 3 aromatic rings. The van der Waals surface area contributed by atoms with Crippen LogP contribution >= 0.6 is 0 Å². The van der Waals surface area contributed by atoms with Gasteiger partial charge in [0.15, 0.2) is 17.6 Å². The van der Waals surface area contributed by atoms with Crippen molar-refractivity contribution in [1.82, 2.24) is 20.2 Å². The van der Waals surface area contributed by atoms with E-state index in [0.29, 0.717) is 12.5 Å². The quantitative estimate of drug-likeness (QED) is 0.482. The van der Waals surface area contributed by atoms with Gasteiger partial charge in [-0.2, -0.15) is 4.80 Å². The molecule has 5 nitrogen and oxygen atoms in total. The number of allylic oxidation sites excluding steroid dienone is 5. The summed E-state index contributed by atoms with van der Waals surface area (Å²) in [6.45, 7) is 2.50. The Bertz CT molecular complexity index is 1280. The number of rotatable bonds is 6. The van der Waals surface area contributed by atoms with Gasteiger partial charge in [0.1, 0.15) is 17.5 Å². The number of aromatic nitrogens is 4. The lowest BCUT2D eigenvalue weighted by Gasteiger charge is -2.40. The van der Waals surface area contributed by atoms with Gasteiger partial charge in [0, 0.05) is 11.6 Å². The standard InChI is InChI=1S/C26H24F4N4O/c1-17-3-7-20(8-4-19(13-17)18-5-9-21(27)10-6-18)25(2,30)26(35,15-34-32-16-31-33-34)23-12-11-22(28)14-24(23)29/h4-14,16-17,35H,3,15H2,1-2H3. The monoisotopic (exact) mass is 484 g/mol. The molecule has 4 rings (SSSR count). The fraction of sp³-hybridized carbons (Fsp3) is 0.269. The predicted molar refractivity (Wildman–Crippen MR) is 123 cm³/mol. The summed E-state index contributed by atoms with van der Waals surface area (Å²) in [6.07, 6.45) is 8.32. The number of halogens is 4. The molecule has 0 aliphatic heterocycles. The van der Waals surface area contributed by atoms with Crippen LogP contribution in [0.15, 0.2) is 78.7 Å². The topological polar surface area (TPSA) is 63.8 Å². The Morgan fingerprint density at radius 1 is 1.06 bits per heavy atom. The highest BCUT2D eigenvalue weighted by molar-refractivity contribution is 5.75. The van der Waals surface area contributed by atoms with Crippen LogP contribution in [0.4, 0.5) is 17.6 Å². The minimum atomic E-state index is -2.57. The third-order valence-electron chi connectivity index (χ3n) is 6.25. The summed E-state index contributed by atoms with van der Waals surface area (Å²) in [5.74, 6) is -2.35. The molecule has 3 unspecified atom stereocenters. The van der Waals surface area contributed by atoms with E-state index >= 15 is 4.39 Å². The molecule has 0 saturated carbocycles. The van der Waals surface area contributed by atoms with Crippen LogP contribution in [0.1, 0.15) is 31.4 Å². The SMILES string of the molecule is CC1C=C(c2ccc(F)cc2)C=CC(C(C)(F)C(O)(Cn2ncnn2)c2ccc(F)cc2F)=CC1. The first-order valence-corrected chi connectivity index (χ1v) is 11.0. The number of alkyl halides is 1. The van der Waals surface area contributed by atoms with Gasteiger partial charge >= 0.3 is 0 Å². The fourth-order valence-electron chi connectivity index (χ4n) is 4.19. The Morgan fingerprint density at radius 3 is 2.43 bits per heavy atom. The van der Waals surface area contributed by atoms with Crippen LogP contribution < -0.4 is 0 Å². The third kappa shape index (κ3) is 4.95. The Hall–Kier alpha value is -3.59. The molecule has 2 aromatic carbocycles. The summed E-state index contributed by atoms with van der Waals surface area (Å²) >= 11 is 0. The Labute approximate surface area is 200 Å². The van der Waals surface area contributed by atoms with E-state index in [9.17, 15) is 18.3 Å². The largest absolute Gasteiger partial charge is 0.379 e. The average molecular weight is 484 g/mol. The highest BCUT2D eigenvalue weighted by Gasteiger charge is 2.53. The molecule has 3 atom stereocenters. The molecule has 0 spiro atoms. The lowest BCUT2D eigenvalue weighted by Crippen LogP contribution is -2.51. The minimum Gasteiger partial charge on any atom is -0.379 e. The van der Waals surface area contributed by atoms with Crippen LogP contribution in [0, 0.1) is 23.4 Å². The minimum absolute atomic E-state index is 0.0153. The van der Waals surface area contributed by atoms with E-state index in [2.05, 4.69) is 15.4 Å². The van der Waals surface area contributed by atoms with Crippen LogP contribution in [-0.4, -0.2) is 31.0 Å². The predicted octanol–water partition coefficient (Wildman–Crippen LogP) is 5.31. The first-order valence-electron chi connectivity index (χ1n) is 11.0. The summed E-state index contributed by atoms with van der Waals surface area (Å²) in [4.78, 5) is 0.945. The van der Waals surface area contributed by atoms with E-state index in [4.69, 9.17) is 0 Å². The van der Waals surface area contributed by atoms with Crippen LogP contribution in [-0.2, 0) is 12.1 Å². The maximum Gasteiger partial charge on any atom is 0.167 e. The summed E-state index contributed by atoms with van der Waals surface area (Å²) in [5, 5.41) is 22.8. The maximum atomic E-state index is 16.8. The van der Waals surface area contributed by atoms with E-state index in [1.165, 1.54) is 18.2 Å². The molecule has 1 aliphatic carbocycles. The van der Waals surface area contributed by atoms with Gasteiger partial charge in [-0.1, -0.05) is 49.4 Å². The van der Waals surface area contributed by atoms with Gasteiger partial charge in [-0.05, 0) is 59.4 Å². The van der Waals surface area contributed by atoms with Gasteiger partial charge in [0.05, 0.1) is 6.54 Å². The van der Waals surface area contributed by atoms with E-state index < -0.39 is 35.0 Å². The summed E-state index contributed by atoms with van der Waals surface area (Å²) in [5.41, 5.74) is -3.97. The molecule has 182 valence electrons. The molecule has 0 bridgehead atoms.